The van der Waals surface area contributed by atoms with E-state index < -0.39 is 0 Å². The van der Waals surface area contributed by atoms with Crippen LogP contribution in [0.2, 0.25) is 0 Å². The van der Waals surface area contributed by atoms with E-state index in [4.69, 9.17) is 10.8 Å². The number of hydrogen-bond donors (Lipinski definition) is 2. The summed E-state index contributed by atoms with van der Waals surface area (Å²) in [6, 6.07) is 0. The van der Waals surface area contributed by atoms with Crippen LogP contribution >= 0.6 is 11.3 Å². The molecule has 2 heterocycles. The van der Waals surface area contributed by atoms with Crippen molar-refractivity contribution in [3.63, 3.8) is 0 Å². The number of nitrogen functional groups attached to an aromatic ring is 1. The van der Waals surface area contributed by atoms with Gasteiger partial charge in [-0.15, -0.1) is 0 Å². The van der Waals surface area contributed by atoms with E-state index in [-0.39, 0.29) is 6.61 Å². The van der Waals surface area contributed by atoms with Gasteiger partial charge in [0.1, 0.15) is 11.6 Å². The molecule has 0 aliphatic rings. The number of thiazole rings is 1. The maximum atomic E-state index is 9.07. The quantitative estimate of drug-likeness (QED) is 0.796. The van der Waals surface area contributed by atoms with E-state index in [1.807, 2.05) is 6.92 Å². The second-order valence-corrected chi connectivity index (χ2v) is 5.32. The molecule has 0 saturated carbocycles. The van der Waals surface area contributed by atoms with Crippen LogP contribution in [-0.2, 0) is 19.4 Å². The Morgan fingerprint density at radius 2 is 2.26 bits per heavy atom. The summed E-state index contributed by atoms with van der Waals surface area (Å²) in [5.74, 6) is 1.23. The molecule has 0 amide bonds. The summed E-state index contributed by atoms with van der Waals surface area (Å²) >= 11 is 1.67. The van der Waals surface area contributed by atoms with E-state index in [0.29, 0.717) is 24.6 Å². The van der Waals surface area contributed by atoms with Gasteiger partial charge in [0.05, 0.1) is 10.4 Å². The summed E-state index contributed by atoms with van der Waals surface area (Å²) in [5.41, 5.74) is 10.2. The lowest BCUT2D eigenvalue weighted by Crippen LogP contribution is -2.37. The van der Waals surface area contributed by atoms with E-state index >= 15 is 0 Å². The molecule has 0 atom stereocenters. The molecule has 2 aromatic rings. The molecule has 19 heavy (non-hydrogen) atoms. The first-order valence-corrected chi connectivity index (χ1v) is 7.21. The molecule has 0 fully saturated rings. The molecule has 0 radical (unpaired) electrons. The Hall–Kier alpha value is -1.53. The van der Waals surface area contributed by atoms with Crippen LogP contribution in [-0.4, -0.2) is 21.7 Å². The molecule has 6 heteroatoms. The molecule has 0 saturated heterocycles. The van der Waals surface area contributed by atoms with Gasteiger partial charge in [-0.25, -0.2) is 9.97 Å². The third-order valence-corrected chi connectivity index (χ3v) is 4.11. The summed E-state index contributed by atoms with van der Waals surface area (Å²) in [6.45, 7) is 4.81. The van der Waals surface area contributed by atoms with Gasteiger partial charge in [-0.3, -0.25) is 0 Å². The Morgan fingerprint density at radius 1 is 1.47 bits per heavy atom. The second kappa shape index (κ2) is 6.08. The predicted molar refractivity (Wildman–Crippen MR) is 75.0 cm³/mol. The highest BCUT2D eigenvalue weighted by molar-refractivity contribution is 7.09. The normalized spacial score (nSPS) is 10.9. The highest BCUT2D eigenvalue weighted by Gasteiger charge is 2.19. The number of aliphatic hydroxyl groups excluding tert-OH is 1. The highest BCUT2D eigenvalue weighted by Crippen LogP contribution is 2.15. The van der Waals surface area contributed by atoms with Crippen molar-refractivity contribution in [1.82, 2.24) is 9.97 Å². The number of aromatic nitrogens is 3. The highest BCUT2D eigenvalue weighted by atomic mass is 32.1. The molecule has 0 aromatic carbocycles. The van der Waals surface area contributed by atoms with E-state index in [0.717, 1.165) is 12.0 Å². The Kier molecular flexibility index (Phi) is 4.44. The number of rotatable bonds is 5. The summed E-state index contributed by atoms with van der Waals surface area (Å²) in [7, 11) is 0. The van der Waals surface area contributed by atoms with Gasteiger partial charge in [-0.1, -0.05) is 18.3 Å². The Balaban J connectivity index is 2.27. The number of nitrogens with two attached hydrogens (primary N) is 1. The standard InChI is InChI=1S/C13H19N4OS/c1-3-11-12(4-5-18)19-8-17(11)7-10-6-15-9(2)16-13(10)14/h6,8,18H,3-5,7H2,1-2H3,(H2,14,15,16)/q+1. The molecule has 2 rings (SSSR count). The van der Waals surface area contributed by atoms with Crippen molar-refractivity contribution in [3.8, 4) is 0 Å². The first-order valence-electron chi connectivity index (χ1n) is 6.33. The van der Waals surface area contributed by atoms with Crippen molar-refractivity contribution in [2.24, 2.45) is 0 Å². The fourth-order valence-electron chi connectivity index (χ4n) is 2.07. The second-order valence-electron chi connectivity index (χ2n) is 4.38. The monoisotopic (exact) mass is 279 g/mol. The number of aliphatic hydroxyl groups is 1. The minimum Gasteiger partial charge on any atom is -0.396 e. The summed E-state index contributed by atoms with van der Waals surface area (Å²) < 4.78 is 2.17. The van der Waals surface area contributed by atoms with E-state index in [9.17, 15) is 0 Å². The molecule has 0 aliphatic heterocycles. The van der Waals surface area contributed by atoms with Crippen molar-refractivity contribution < 1.29 is 9.67 Å². The maximum Gasteiger partial charge on any atom is 0.225 e. The molecule has 0 bridgehead atoms. The molecule has 2 aromatic heterocycles. The zero-order valence-electron chi connectivity index (χ0n) is 11.3. The Labute approximate surface area is 116 Å². The molecule has 102 valence electrons. The SMILES string of the molecule is CCc1c(CCO)sc[n+]1Cc1cnc(C)nc1N. The van der Waals surface area contributed by atoms with Crippen LogP contribution in [0.4, 0.5) is 5.82 Å². The summed E-state index contributed by atoms with van der Waals surface area (Å²) in [4.78, 5) is 9.61. The van der Waals surface area contributed by atoms with Crippen molar-refractivity contribution in [1.29, 1.82) is 0 Å². The van der Waals surface area contributed by atoms with Crippen LogP contribution in [0.15, 0.2) is 11.7 Å². The van der Waals surface area contributed by atoms with E-state index in [1.54, 1.807) is 17.5 Å². The zero-order valence-corrected chi connectivity index (χ0v) is 12.1. The maximum absolute atomic E-state index is 9.07. The lowest BCUT2D eigenvalue weighted by atomic mass is 10.2. The van der Waals surface area contributed by atoms with Crippen LogP contribution in [0.1, 0.15) is 28.9 Å². The largest absolute Gasteiger partial charge is 0.396 e. The van der Waals surface area contributed by atoms with Gasteiger partial charge in [0.25, 0.3) is 0 Å². The third-order valence-electron chi connectivity index (χ3n) is 3.02. The minimum absolute atomic E-state index is 0.184. The first-order chi connectivity index (χ1) is 9.15. The average molecular weight is 279 g/mol. The fourth-order valence-corrected chi connectivity index (χ4v) is 3.14. The van der Waals surface area contributed by atoms with Gasteiger partial charge in [-0.05, 0) is 6.92 Å². The first kappa shape index (κ1) is 13.9. The smallest absolute Gasteiger partial charge is 0.225 e. The third kappa shape index (κ3) is 3.08. The minimum atomic E-state index is 0.184. The van der Waals surface area contributed by atoms with Crippen LogP contribution < -0.4 is 10.3 Å². The van der Waals surface area contributed by atoms with Gasteiger partial charge in [0.15, 0.2) is 12.2 Å². The molecular formula is C13H19N4OS+. The number of aryl methyl sites for hydroxylation is 1. The Bertz CT molecular complexity index is 568. The molecule has 5 nitrogen and oxygen atoms in total. The number of hydrogen-bond acceptors (Lipinski definition) is 5. The average Bonchev–Trinajstić information content (AvgIpc) is 2.75. The van der Waals surface area contributed by atoms with Crippen molar-refractivity contribution >= 4 is 17.2 Å². The molecule has 0 unspecified atom stereocenters. The molecule has 3 N–H and O–H groups in total. The summed E-state index contributed by atoms with van der Waals surface area (Å²) in [5, 5.41) is 9.07. The van der Waals surface area contributed by atoms with Crippen molar-refractivity contribution in [2.75, 3.05) is 12.3 Å². The van der Waals surface area contributed by atoms with Crippen molar-refractivity contribution in [3.05, 3.63) is 33.7 Å². The van der Waals surface area contributed by atoms with E-state index in [1.165, 1.54) is 10.6 Å². The number of nitrogens with zero attached hydrogens (tertiary/aromatic N) is 3. The van der Waals surface area contributed by atoms with Crippen LogP contribution in [0.25, 0.3) is 0 Å². The lowest BCUT2D eigenvalue weighted by Gasteiger charge is -2.03. The van der Waals surface area contributed by atoms with Crippen LogP contribution in [0.5, 0.6) is 0 Å². The Morgan fingerprint density at radius 3 is 2.89 bits per heavy atom. The van der Waals surface area contributed by atoms with Gasteiger partial charge in [0, 0.05) is 25.6 Å². The van der Waals surface area contributed by atoms with Gasteiger partial charge in [-0.2, -0.15) is 4.57 Å². The summed E-state index contributed by atoms with van der Waals surface area (Å²) in [6.07, 6.45) is 3.43. The molecule has 0 aliphatic carbocycles. The number of anilines is 1. The lowest BCUT2D eigenvalue weighted by molar-refractivity contribution is -0.690. The predicted octanol–water partition coefficient (Wildman–Crippen LogP) is 0.862. The fraction of sp³-hybridized carbons (Fsp3) is 0.462. The van der Waals surface area contributed by atoms with Gasteiger partial charge < -0.3 is 10.8 Å². The van der Waals surface area contributed by atoms with Crippen molar-refractivity contribution in [2.45, 2.75) is 33.2 Å². The molecular weight excluding hydrogens is 260 g/mol. The van der Waals surface area contributed by atoms with Gasteiger partial charge >= 0.3 is 0 Å². The zero-order chi connectivity index (χ0) is 13.8. The van der Waals surface area contributed by atoms with Crippen LogP contribution in [0.3, 0.4) is 0 Å². The van der Waals surface area contributed by atoms with E-state index in [2.05, 4.69) is 27.0 Å². The topological polar surface area (TPSA) is 75.9 Å². The molecule has 0 spiro atoms. The van der Waals surface area contributed by atoms with Crippen LogP contribution in [0, 0.1) is 6.92 Å². The van der Waals surface area contributed by atoms with Gasteiger partial charge in [0.2, 0.25) is 5.51 Å².